The molecule has 0 radical (unpaired) electrons. The molecule has 1 aromatic carbocycles. The normalized spacial score (nSPS) is 29.9. The van der Waals surface area contributed by atoms with E-state index in [0.717, 1.165) is 31.1 Å². The summed E-state index contributed by atoms with van der Waals surface area (Å²) in [5, 5.41) is 23.6. The predicted octanol–water partition coefficient (Wildman–Crippen LogP) is 1.34. The van der Waals surface area contributed by atoms with Crippen molar-refractivity contribution in [3.8, 4) is 5.75 Å². The van der Waals surface area contributed by atoms with E-state index >= 15 is 0 Å². The van der Waals surface area contributed by atoms with Crippen molar-refractivity contribution in [1.29, 1.82) is 0 Å². The number of phenols is 1. The van der Waals surface area contributed by atoms with Crippen molar-refractivity contribution in [3.05, 3.63) is 29.8 Å². The fourth-order valence-corrected chi connectivity index (χ4v) is 3.42. The number of aliphatic hydroxyl groups excluding tert-OH is 1. The quantitative estimate of drug-likeness (QED) is 0.764. The molecule has 0 spiro atoms. The first-order chi connectivity index (χ1) is 11.1. The highest BCUT2D eigenvalue weighted by molar-refractivity contribution is 5.31. The Morgan fingerprint density at radius 3 is 2.74 bits per heavy atom. The van der Waals surface area contributed by atoms with E-state index in [9.17, 15) is 10.2 Å². The van der Waals surface area contributed by atoms with Crippen LogP contribution >= 0.6 is 0 Å². The Bertz CT molecular complexity index is 503. The van der Waals surface area contributed by atoms with Crippen LogP contribution in [0.25, 0.3) is 0 Å². The van der Waals surface area contributed by atoms with Crippen molar-refractivity contribution >= 4 is 0 Å². The summed E-state index contributed by atoms with van der Waals surface area (Å²) in [4.78, 5) is 2.40. The summed E-state index contributed by atoms with van der Waals surface area (Å²) < 4.78 is 5.81. The number of aliphatic hydroxyl groups is 1. The molecule has 3 unspecified atom stereocenters. The zero-order chi connectivity index (χ0) is 16.2. The minimum Gasteiger partial charge on any atom is -0.508 e. The highest BCUT2D eigenvalue weighted by Gasteiger charge is 2.36. The molecule has 0 amide bonds. The number of nitrogens with one attached hydrogen (secondary N) is 1. The number of hydrogen-bond acceptors (Lipinski definition) is 5. The average molecular weight is 320 g/mol. The number of piperidine rings is 1. The Kier molecular flexibility index (Phi) is 5.54. The summed E-state index contributed by atoms with van der Waals surface area (Å²) in [6.07, 6.45) is 1.85. The molecule has 2 aliphatic rings. The Hall–Kier alpha value is -1.14. The molecule has 3 N–H and O–H groups in total. The molecule has 2 heterocycles. The molecule has 23 heavy (non-hydrogen) atoms. The van der Waals surface area contributed by atoms with Gasteiger partial charge in [-0.05, 0) is 37.9 Å². The number of phenolic OH excluding ortho intramolecular Hbond substituents is 1. The smallest absolute Gasteiger partial charge is 0.120 e. The van der Waals surface area contributed by atoms with Crippen LogP contribution in [-0.4, -0.2) is 59.6 Å². The van der Waals surface area contributed by atoms with Crippen LogP contribution in [-0.2, 0) is 11.3 Å². The van der Waals surface area contributed by atoms with E-state index in [4.69, 9.17) is 4.74 Å². The van der Waals surface area contributed by atoms with E-state index in [1.54, 1.807) is 6.07 Å². The van der Waals surface area contributed by atoms with Gasteiger partial charge in [0.25, 0.3) is 0 Å². The molecule has 5 heteroatoms. The van der Waals surface area contributed by atoms with Gasteiger partial charge in [0.1, 0.15) is 5.75 Å². The van der Waals surface area contributed by atoms with Gasteiger partial charge >= 0.3 is 0 Å². The molecule has 1 aromatic rings. The molecular weight excluding hydrogens is 292 g/mol. The van der Waals surface area contributed by atoms with Crippen LogP contribution < -0.4 is 5.32 Å². The van der Waals surface area contributed by atoms with Gasteiger partial charge < -0.3 is 25.2 Å². The Balaban J connectivity index is 1.47. The molecular formula is C18H28N2O3. The third-order valence-corrected chi connectivity index (χ3v) is 5.14. The molecule has 0 aromatic heterocycles. The van der Waals surface area contributed by atoms with Gasteiger partial charge in [-0.1, -0.05) is 25.1 Å². The van der Waals surface area contributed by atoms with Gasteiger partial charge in [-0.3, -0.25) is 0 Å². The number of rotatable bonds is 5. The van der Waals surface area contributed by atoms with E-state index in [0.29, 0.717) is 13.2 Å². The van der Waals surface area contributed by atoms with Crippen molar-refractivity contribution < 1.29 is 14.9 Å². The first kappa shape index (κ1) is 16.7. The van der Waals surface area contributed by atoms with E-state index in [1.165, 1.54) is 12.8 Å². The monoisotopic (exact) mass is 320 g/mol. The molecule has 5 nitrogen and oxygen atoms in total. The van der Waals surface area contributed by atoms with Crippen molar-refractivity contribution in [1.82, 2.24) is 10.2 Å². The number of hydrogen-bond donors (Lipinski definition) is 3. The van der Waals surface area contributed by atoms with E-state index < -0.39 is 6.10 Å². The topological polar surface area (TPSA) is 65.0 Å². The van der Waals surface area contributed by atoms with Crippen molar-refractivity contribution in [3.63, 3.8) is 0 Å². The van der Waals surface area contributed by atoms with Gasteiger partial charge in [0, 0.05) is 18.7 Å². The molecule has 2 aliphatic heterocycles. The van der Waals surface area contributed by atoms with Gasteiger partial charge in [-0.15, -0.1) is 0 Å². The van der Waals surface area contributed by atoms with Crippen molar-refractivity contribution in [2.45, 2.75) is 44.6 Å². The van der Waals surface area contributed by atoms with Crippen LogP contribution in [0.5, 0.6) is 5.75 Å². The van der Waals surface area contributed by atoms with Gasteiger partial charge in [0.15, 0.2) is 0 Å². The third kappa shape index (κ3) is 4.23. The second-order valence-corrected chi connectivity index (χ2v) is 6.96. The molecule has 0 bridgehead atoms. The maximum absolute atomic E-state index is 10.5. The molecule has 128 valence electrons. The second kappa shape index (κ2) is 7.62. The van der Waals surface area contributed by atoms with Crippen molar-refractivity contribution in [2.24, 2.45) is 5.92 Å². The van der Waals surface area contributed by atoms with E-state index in [2.05, 4.69) is 17.1 Å². The number of likely N-dealkylation sites (tertiary alicyclic amines) is 1. The average Bonchev–Trinajstić information content (AvgIpc) is 2.89. The SMILES string of the molecule is CC1CCN(CC2OCC(NCc3ccccc3O)C2O)CC1. The number of nitrogens with zero attached hydrogens (tertiary/aromatic N) is 1. The van der Waals surface area contributed by atoms with Crippen LogP contribution in [0.4, 0.5) is 0 Å². The van der Waals surface area contributed by atoms with Crippen LogP contribution in [0, 0.1) is 5.92 Å². The standard InChI is InChI=1S/C18H28N2O3/c1-13-6-8-20(9-7-13)11-17-18(22)15(12-23-17)19-10-14-4-2-3-5-16(14)21/h2-5,13,15,17-19,21-22H,6-12H2,1H3. The molecule has 0 aliphatic carbocycles. The van der Waals surface area contributed by atoms with Crippen LogP contribution in [0.15, 0.2) is 24.3 Å². The van der Waals surface area contributed by atoms with Gasteiger partial charge in [-0.2, -0.15) is 0 Å². The van der Waals surface area contributed by atoms with Gasteiger partial charge in [-0.25, -0.2) is 0 Å². The van der Waals surface area contributed by atoms with Gasteiger partial charge in [0.2, 0.25) is 0 Å². The van der Waals surface area contributed by atoms with E-state index in [-0.39, 0.29) is 17.9 Å². The first-order valence-corrected chi connectivity index (χ1v) is 8.66. The Morgan fingerprint density at radius 1 is 1.26 bits per heavy atom. The highest BCUT2D eigenvalue weighted by Crippen LogP contribution is 2.21. The largest absolute Gasteiger partial charge is 0.508 e. The predicted molar refractivity (Wildman–Crippen MR) is 89.3 cm³/mol. The fraction of sp³-hybridized carbons (Fsp3) is 0.667. The molecule has 0 saturated carbocycles. The maximum atomic E-state index is 10.5. The lowest BCUT2D eigenvalue weighted by Gasteiger charge is -2.32. The molecule has 3 atom stereocenters. The minimum absolute atomic E-state index is 0.0803. The number of aromatic hydroxyl groups is 1. The van der Waals surface area contributed by atoms with Crippen molar-refractivity contribution in [2.75, 3.05) is 26.2 Å². The second-order valence-electron chi connectivity index (χ2n) is 6.96. The van der Waals surface area contributed by atoms with Gasteiger partial charge in [0.05, 0.1) is 24.9 Å². The zero-order valence-corrected chi connectivity index (χ0v) is 13.8. The Labute approximate surface area is 138 Å². The third-order valence-electron chi connectivity index (χ3n) is 5.14. The summed E-state index contributed by atoms with van der Waals surface area (Å²) >= 11 is 0. The molecule has 2 saturated heterocycles. The van der Waals surface area contributed by atoms with E-state index in [1.807, 2.05) is 18.2 Å². The highest BCUT2D eigenvalue weighted by atomic mass is 16.5. The Morgan fingerprint density at radius 2 is 2.00 bits per heavy atom. The lowest BCUT2D eigenvalue weighted by Crippen LogP contribution is -2.46. The van der Waals surface area contributed by atoms with Crippen LogP contribution in [0.3, 0.4) is 0 Å². The zero-order valence-electron chi connectivity index (χ0n) is 13.8. The van der Waals surface area contributed by atoms with Crippen LogP contribution in [0.1, 0.15) is 25.3 Å². The lowest BCUT2D eigenvalue weighted by atomic mass is 9.98. The fourth-order valence-electron chi connectivity index (χ4n) is 3.42. The summed E-state index contributed by atoms with van der Waals surface area (Å²) in [5.74, 6) is 1.10. The summed E-state index contributed by atoms with van der Waals surface area (Å²) in [6.45, 7) is 6.36. The summed E-state index contributed by atoms with van der Waals surface area (Å²) in [5.41, 5.74) is 0.841. The maximum Gasteiger partial charge on any atom is 0.120 e. The summed E-state index contributed by atoms with van der Waals surface area (Å²) in [6, 6.07) is 7.19. The summed E-state index contributed by atoms with van der Waals surface area (Å²) in [7, 11) is 0. The number of para-hydroxylation sites is 1. The minimum atomic E-state index is -0.500. The number of benzene rings is 1. The molecule has 3 rings (SSSR count). The van der Waals surface area contributed by atoms with Crippen LogP contribution in [0.2, 0.25) is 0 Å². The first-order valence-electron chi connectivity index (χ1n) is 8.66. The number of ether oxygens (including phenoxy) is 1. The molecule has 2 fully saturated rings. The lowest BCUT2D eigenvalue weighted by molar-refractivity contribution is 0.00858.